The van der Waals surface area contributed by atoms with Crippen LogP contribution in [-0.4, -0.2) is 35.0 Å². The lowest BCUT2D eigenvalue weighted by atomic mass is 10.1. The number of rotatable bonds is 7. The van der Waals surface area contributed by atoms with E-state index in [1.165, 1.54) is 6.92 Å². The zero-order valence-corrected chi connectivity index (χ0v) is 8.90. The monoisotopic (exact) mass is 204 g/mol. The number of aliphatic hydroxyl groups excluding tert-OH is 2. The fraction of sp³-hybridized carbons (Fsp3) is 0.900. The highest BCUT2D eigenvalue weighted by Gasteiger charge is 2.16. The van der Waals surface area contributed by atoms with Crippen LogP contribution >= 0.6 is 0 Å². The molecule has 2 atom stereocenters. The molecule has 2 unspecified atom stereocenters. The molecule has 0 saturated carbocycles. The van der Waals surface area contributed by atoms with Crippen molar-refractivity contribution in [2.45, 2.75) is 51.7 Å². The van der Waals surface area contributed by atoms with Gasteiger partial charge >= 0.3 is 5.97 Å². The Balaban J connectivity index is 3.73. The van der Waals surface area contributed by atoms with Gasteiger partial charge in [0.15, 0.2) is 0 Å². The van der Waals surface area contributed by atoms with Crippen molar-refractivity contribution in [3.63, 3.8) is 0 Å². The number of aliphatic hydroxyl groups is 2. The normalized spacial score (nSPS) is 14.9. The van der Waals surface area contributed by atoms with Crippen LogP contribution in [0.2, 0.25) is 0 Å². The minimum Gasteiger partial charge on any atom is -0.458 e. The predicted molar refractivity (Wildman–Crippen MR) is 52.8 cm³/mol. The van der Waals surface area contributed by atoms with E-state index in [1.807, 2.05) is 0 Å². The molecular formula is C10H20O4. The summed E-state index contributed by atoms with van der Waals surface area (Å²) in [6, 6.07) is 0. The van der Waals surface area contributed by atoms with Gasteiger partial charge in [-0.2, -0.15) is 0 Å². The molecule has 0 aromatic carbocycles. The number of esters is 1. The van der Waals surface area contributed by atoms with Gasteiger partial charge in [-0.25, -0.2) is 4.79 Å². The third-order valence-corrected chi connectivity index (χ3v) is 1.96. The van der Waals surface area contributed by atoms with Gasteiger partial charge in [0, 0.05) is 0 Å². The average molecular weight is 204 g/mol. The van der Waals surface area contributed by atoms with E-state index in [2.05, 4.69) is 6.92 Å². The minimum absolute atomic E-state index is 0.178. The summed E-state index contributed by atoms with van der Waals surface area (Å²) in [6.45, 7) is 3.25. The highest BCUT2D eigenvalue weighted by Crippen LogP contribution is 2.07. The van der Waals surface area contributed by atoms with Crippen LogP contribution in [-0.2, 0) is 9.53 Å². The van der Waals surface area contributed by atoms with Crippen molar-refractivity contribution >= 4 is 5.97 Å². The summed E-state index contributed by atoms with van der Waals surface area (Å²) in [4.78, 5) is 11.0. The van der Waals surface area contributed by atoms with Gasteiger partial charge in [0.2, 0.25) is 0 Å². The van der Waals surface area contributed by atoms with Crippen molar-refractivity contribution in [3.8, 4) is 0 Å². The number of hydrogen-bond donors (Lipinski definition) is 2. The third-order valence-electron chi connectivity index (χ3n) is 1.96. The van der Waals surface area contributed by atoms with Crippen molar-refractivity contribution in [2.75, 3.05) is 6.61 Å². The van der Waals surface area contributed by atoms with Crippen molar-refractivity contribution < 1.29 is 19.7 Å². The van der Waals surface area contributed by atoms with Crippen LogP contribution in [0, 0.1) is 0 Å². The quantitative estimate of drug-likeness (QED) is 0.476. The molecule has 4 nitrogen and oxygen atoms in total. The predicted octanol–water partition coefficient (Wildman–Crippen LogP) is 0.852. The molecule has 0 aliphatic heterocycles. The van der Waals surface area contributed by atoms with Crippen LogP contribution in [0.4, 0.5) is 0 Å². The van der Waals surface area contributed by atoms with Crippen LogP contribution in [0.3, 0.4) is 0 Å². The summed E-state index contributed by atoms with van der Waals surface area (Å²) < 4.78 is 4.87. The summed E-state index contributed by atoms with van der Waals surface area (Å²) in [5.41, 5.74) is 0. The number of ether oxygens (including phenoxy) is 1. The van der Waals surface area contributed by atoms with Crippen LogP contribution < -0.4 is 0 Å². The summed E-state index contributed by atoms with van der Waals surface area (Å²) in [7, 11) is 0. The first-order chi connectivity index (χ1) is 6.61. The molecule has 0 heterocycles. The van der Waals surface area contributed by atoms with Crippen LogP contribution in [0.1, 0.15) is 39.5 Å². The molecule has 0 radical (unpaired) electrons. The van der Waals surface area contributed by atoms with Gasteiger partial charge in [-0.15, -0.1) is 0 Å². The second-order valence-corrected chi connectivity index (χ2v) is 3.41. The Morgan fingerprint density at radius 1 is 1.43 bits per heavy atom. The van der Waals surface area contributed by atoms with E-state index in [0.717, 1.165) is 19.3 Å². The van der Waals surface area contributed by atoms with Crippen LogP contribution in [0.15, 0.2) is 0 Å². The molecule has 0 spiro atoms. The Bertz CT molecular complexity index is 156. The summed E-state index contributed by atoms with van der Waals surface area (Å²) >= 11 is 0. The molecule has 0 aromatic heterocycles. The van der Waals surface area contributed by atoms with Gasteiger partial charge in [0.25, 0.3) is 0 Å². The van der Waals surface area contributed by atoms with Gasteiger partial charge in [-0.05, 0) is 19.8 Å². The average Bonchev–Trinajstić information content (AvgIpc) is 2.16. The molecule has 0 bridgehead atoms. The van der Waals surface area contributed by atoms with Crippen molar-refractivity contribution in [3.05, 3.63) is 0 Å². The molecule has 0 saturated heterocycles. The van der Waals surface area contributed by atoms with E-state index in [0.29, 0.717) is 6.42 Å². The van der Waals surface area contributed by atoms with Crippen molar-refractivity contribution in [1.29, 1.82) is 0 Å². The van der Waals surface area contributed by atoms with E-state index < -0.39 is 18.2 Å². The van der Waals surface area contributed by atoms with E-state index in [4.69, 9.17) is 14.9 Å². The highest BCUT2D eigenvalue weighted by molar-refractivity contribution is 5.73. The maximum absolute atomic E-state index is 11.0. The SMILES string of the molecule is CCCCCC(CO)OC(=O)C(C)O. The Labute approximate surface area is 84.9 Å². The van der Waals surface area contributed by atoms with Gasteiger partial charge < -0.3 is 14.9 Å². The van der Waals surface area contributed by atoms with E-state index >= 15 is 0 Å². The standard InChI is InChI=1S/C10H20O4/c1-3-4-5-6-9(7-11)14-10(13)8(2)12/h8-9,11-12H,3-7H2,1-2H3. The zero-order chi connectivity index (χ0) is 11.0. The summed E-state index contributed by atoms with van der Waals surface area (Å²) in [6.07, 6.45) is 2.14. The molecule has 0 aromatic rings. The Morgan fingerprint density at radius 2 is 2.07 bits per heavy atom. The van der Waals surface area contributed by atoms with Crippen molar-refractivity contribution in [2.24, 2.45) is 0 Å². The number of carbonyl (C=O) groups excluding carboxylic acids is 1. The van der Waals surface area contributed by atoms with Gasteiger partial charge in [-0.1, -0.05) is 19.8 Å². The number of carbonyl (C=O) groups is 1. The molecule has 4 heteroatoms. The maximum Gasteiger partial charge on any atom is 0.335 e. The third kappa shape index (κ3) is 5.94. The van der Waals surface area contributed by atoms with E-state index in [1.54, 1.807) is 0 Å². The first kappa shape index (κ1) is 13.4. The molecule has 0 aliphatic rings. The smallest absolute Gasteiger partial charge is 0.335 e. The van der Waals surface area contributed by atoms with Gasteiger partial charge in [-0.3, -0.25) is 0 Å². The molecule has 0 amide bonds. The summed E-state index contributed by atoms with van der Waals surface area (Å²) in [5, 5.41) is 17.8. The molecule has 0 fully saturated rings. The van der Waals surface area contributed by atoms with Crippen LogP contribution in [0.5, 0.6) is 0 Å². The van der Waals surface area contributed by atoms with Gasteiger partial charge in [0.05, 0.1) is 6.61 Å². The zero-order valence-electron chi connectivity index (χ0n) is 8.90. The molecule has 84 valence electrons. The maximum atomic E-state index is 11.0. The Morgan fingerprint density at radius 3 is 2.50 bits per heavy atom. The Hall–Kier alpha value is -0.610. The lowest BCUT2D eigenvalue weighted by molar-refractivity contribution is -0.160. The second-order valence-electron chi connectivity index (χ2n) is 3.41. The Kier molecular flexibility index (Phi) is 7.42. The largest absolute Gasteiger partial charge is 0.458 e. The topological polar surface area (TPSA) is 66.8 Å². The molecular weight excluding hydrogens is 184 g/mol. The highest BCUT2D eigenvalue weighted by atomic mass is 16.6. The number of hydrogen-bond acceptors (Lipinski definition) is 4. The van der Waals surface area contributed by atoms with Crippen molar-refractivity contribution in [1.82, 2.24) is 0 Å². The second kappa shape index (κ2) is 7.76. The first-order valence-electron chi connectivity index (χ1n) is 5.11. The lowest BCUT2D eigenvalue weighted by Gasteiger charge is -2.16. The van der Waals surface area contributed by atoms with E-state index in [-0.39, 0.29) is 6.61 Å². The molecule has 0 rings (SSSR count). The number of unbranched alkanes of at least 4 members (excludes halogenated alkanes) is 2. The molecule has 2 N–H and O–H groups in total. The molecule has 14 heavy (non-hydrogen) atoms. The fourth-order valence-electron chi connectivity index (χ4n) is 1.07. The van der Waals surface area contributed by atoms with Crippen LogP contribution in [0.25, 0.3) is 0 Å². The van der Waals surface area contributed by atoms with Gasteiger partial charge in [0.1, 0.15) is 12.2 Å². The first-order valence-corrected chi connectivity index (χ1v) is 5.11. The van der Waals surface area contributed by atoms with E-state index in [9.17, 15) is 4.79 Å². The lowest BCUT2D eigenvalue weighted by Crippen LogP contribution is -2.28. The molecule has 0 aliphatic carbocycles. The fourth-order valence-corrected chi connectivity index (χ4v) is 1.07. The summed E-state index contributed by atoms with van der Waals surface area (Å²) in [5.74, 6) is -0.666. The minimum atomic E-state index is -1.12.